The van der Waals surface area contributed by atoms with Crippen LogP contribution in [0.25, 0.3) is 10.7 Å². The fraction of sp³-hybridized carbons (Fsp3) is 0.300. The van der Waals surface area contributed by atoms with E-state index in [0.29, 0.717) is 5.75 Å². The van der Waals surface area contributed by atoms with E-state index in [1.54, 1.807) is 11.3 Å². The van der Waals surface area contributed by atoms with Crippen molar-refractivity contribution in [3.05, 3.63) is 17.5 Å². The third-order valence-corrected chi connectivity index (χ3v) is 4.00. The molecule has 0 spiro atoms. The number of hydrogen-bond donors (Lipinski definition) is 0. The summed E-state index contributed by atoms with van der Waals surface area (Å²) in [4.78, 5) is 11.3. The zero-order valence-electron chi connectivity index (χ0n) is 9.12. The molecular weight excluding hydrogens is 258 g/mol. The van der Waals surface area contributed by atoms with Gasteiger partial charge < -0.3 is 14.5 Å². The number of nitrogens with zero attached hydrogens (tertiary/aromatic N) is 3. The number of aromatic nitrogens is 3. The number of carbonyl (C=O) groups is 1. The second kappa shape index (κ2) is 5.33. The molecule has 0 aliphatic heterocycles. The molecule has 0 aliphatic rings. The number of rotatable bonds is 5. The molecule has 0 N–H and O–H groups in total. The van der Waals surface area contributed by atoms with Crippen LogP contribution in [-0.4, -0.2) is 26.5 Å². The first-order chi connectivity index (χ1) is 8.18. The average Bonchev–Trinajstić information content (AvgIpc) is 2.88. The highest BCUT2D eigenvalue weighted by molar-refractivity contribution is 7.99. The molecule has 2 aromatic rings. The Hall–Kier alpha value is -1.34. The molecule has 0 fully saturated rings. The minimum absolute atomic E-state index is 0.0197. The van der Waals surface area contributed by atoms with Gasteiger partial charge in [0.25, 0.3) is 0 Å². The molecule has 0 aromatic carbocycles. The Morgan fingerprint density at radius 3 is 3.06 bits per heavy atom. The number of carbonyl (C=O) groups excluding carboxylic acids is 1. The van der Waals surface area contributed by atoms with Crippen LogP contribution in [0, 0.1) is 0 Å². The Bertz CT molecular complexity index is 508. The van der Waals surface area contributed by atoms with Crippen molar-refractivity contribution in [3.8, 4) is 10.7 Å². The summed E-state index contributed by atoms with van der Waals surface area (Å²) in [5, 5.41) is 21.1. The van der Waals surface area contributed by atoms with Gasteiger partial charge in [0.15, 0.2) is 11.0 Å². The summed E-state index contributed by atoms with van der Waals surface area (Å²) in [6, 6.07) is 3.93. The van der Waals surface area contributed by atoms with E-state index in [9.17, 15) is 9.90 Å². The van der Waals surface area contributed by atoms with Gasteiger partial charge in [-0.1, -0.05) is 17.8 Å². The van der Waals surface area contributed by atoms with Gasteiger partial charge in [-0.05, 0) is 17.9 Å². The van der Waals surface area contributed by atoms with Crippen molar-refractivity contribution >= 4 is 29.1 Å². The third kappa shape index (κ3) is 2.86. The molecule has 0 atom stereocenters. The normalized spacial score (nSPS) is 10.6. The van der Waals surface area contributed by atoms with E-state index < -0.39 is 5.97 Å². The SMILES string of the molecule is Cn1c(SCCC(=O)[O-])nnc1-c1cccs1. The number of thioether (sulfide) groups is 1. The topological polar surface area (TPSA) is 70.8 Å². The summed E-state index contributed by atoms with van der Waals surface area (Å²) >= 11 is 2.96. The van der Waals surface area contributed by atoms with Crippen LogP contribution in [0.4, 0.5) is 0 Å². The maximum atomic E-state index is 10.3. The Labute approximate surface area is 106 Å². The van der Waals surface area contributed by atoms with E-state index in [1.165, 1.54) is 11.8 Å². The van der Waals surface area contributed by atoms with Crippen LogP contribution in [-0.2, 0) is 11.8 Å². The second-order valence-corrected chi connectivity index (χ2v) is 5.32. The first kappa shape index (κ1) is 12.1. The number of carboxylic acids is 1. The van der Waals surface area contributed by atoms with E-state index in [4.69, 9.17) is 0 Å². The maximum Gasteiger partial charge on any atom is 0.191 e. The van der Waals surface area contributed by atoms with Crippen molar-refractivity contribution in [2.45, 2.75) is 11.6 Å². The van der Waals surface area contributed by atoms with Gasteiger partial charge in [-0.25, -0.2) is 0 Å². The minimum Gasteiger partial charge on any atom is -0.550 e. The van der Waals surface area contributed by atoms with Gasteiger partial charge >= 0.3 is 0 Å². The lowest BCUT2D eigenvalue weighted by atomic mass is 10.4. The summed E-state index contributed by atoms with van der Waals surface area (Å²) in [5.74, 6) is 0.202. The Balaban J connectivity index is 2.08. The summed E-state index contributed by atoms with van der Waals surface area (Å²) in [7, 11) is 1.87. The van der Waals surface area contributed by atoms with Gasteiger partial charge in [-0.2, -0.15) is 0 Å². The van der Waals surface area contributed by atoms with Crippen molar-refractivity contribution in [3.63, 3.8) is 0 Å². The molecule has 0 saturated carbocycles. The second-order valence-electron chi connectivity index (χ2n) is 3.31. The number of aliphatic carboxylic acids is 1. The van der Waals surface area contributed by atoms with E-state index in [-0.39, 0.29) is 6.42 Å². The Morgan fingerprint density at radius 2 is 2.41 bits per heavy atom. The molecule has 90 valence electrons. The molecule has 5 nitrogen and oxygen atoms in total. The van der Waals surface area contributed by atoms with Gasteiger partial charge in [0.2, 0.25) is 0 Å². The molecular formula is C10H10N3O2S2-. The lowest BCUT2D eigenvalue weighted by Crippen LogP contribution is -2.22. The summed E-state index contributed by atoms with van der Waals surface area (Å²) in [6.45, 7) is 0. The van der Waals surface area contributed by atoms with Crippen molar-refractivity contribution in [2.24, 2.45) is 7.05 Å². The monoisotopic (exact) mass is 268 g/mol. The van der Waals surface area contributed by atoms with Crippen molar-refractivity contribution in [2.75, 3.05) is 5.75 Å². The zero-order valence-corrected chi connectivity index (χ0v) is 10.8. The molecule has 2 heterocycles. The van der Waals surface area contributed by atoms with Crippen LogP contribution in [0.15, 0.2) is 22.7 Å². The zero-order chi connectivity index (χ0) is 12.3. The molecule has 0 amide bonds. The largest absolute Gasteiger partial charge is 0.550 e. The molecule has 7 heteroatoms. The van der Waals surface area contributed by atoms with Crippen LogP contribution in [0.1, 0.15) is 6.42 Å². The predicted octanol–water partition coefficient (Wildman–Crippen LogP) is 0.776. The van der Waals surface area contributed by atoms with Gasteiger partial charge in [0.1, 0.15) is 0 Å². The fourth-order valence-corrected chi connectivity index (χ4v) is 2.86. The molecule has 2 rings (SSSR count). The summed E-state index contributed by atoms with van der Waals surface area (Å²) in [6.07, 6.45) is 0.0197. The van der Waals surface area contributed by atoms with Gasteiger partial charge in [0, 0.05) is 18.8 Å². The smallest absolute Gasteiger partial charge is 0.191 e. The van der Waals surface area contributed by atoms with E-state index in [0.717, 1.165) is 15.9 Å². The lowest BCUT2D eigenvalue weighted by molar-refractivity contribution is -0.305. The first-order valence-electron chi connectivity index (χ1n) is 4.94. The van der Waals surface area contributed by atoms with Crippen LogP contribution in [0.5, 0.6) is 0 Å². The van der Waals surface area contributed by atoms with Crippen molar-refractivity contribution in [1.29, 1.82) is 0 Å². The highest BCUT2D eigenvalue weighted by atomic mass is 32.2. The van der Waals surface area contributed by atoms with Crippen LogP contribution in [0.2, 0.25) is 0 Å². The quantitative estimate of drug-likeness (QED) is 0.749. The predicted molar refractivity (Wildman–Crippen MR) is 64.7 cm³/mol. The molecule has 0 radical (unpaired) electrons. The van der Waals surface area contributed by atoms with E-state index in [2.05, 4.69) is 10.2 Å². The van der Waals surface area contributed by atoms with Crippen LogP contribution in [0.3, 0.4) is 0 Å². The van der Waals surface area contributed by atoms with Gasteiger partial charge in [-0.15, -0.1) is 21.5 Å². The van der Waals surface area contributed by atoms with Crippen LogP contribution >= 0.6 is 23.1 Å². The number of hydrogen-bond acceptors (Lipinski definition) is 6. The number of thiophene rings is 1. The maximum absolute atomic E-state index is 10.3. The third-order valence-electron chi connectivity index (χ3n) is 2.11. The van der Waals surface area contributed by atoms with Gasteiger partial charge in [-0.3, -0.25) is 0 Å². The van der Waals surface area contributed by atoms with Crippen molar-refractivity contribution in [1.82, 2.24) is 14.8 Å². The molecule has 0 unspecified atom stereocenters. The molecule has 0 saturated heterocycles. The minimum atomic E-state index is -1.04. The fourth-order valence-electron chi connectivity index (χ4n) is 1.29. The Kier molecular flexibility index (Phi) is 3.80. The first-order valence-corrected chi connectivity index (χ1v) is 6.81. The molecule has 2 aromatic heterocycles. The lowest BCUT2D eigenvalue weighted by Gasteiger charge is -2.02. The van der Waals surface area contributed by atoms with E-state index >= 15 is 0 Å². The highest BCUT2D eigenvalue weighted by Gasteiger charge is 2.11. The van der Waals surface area contributed by atoms with Crippen LogP contribution < -0.4 is 5.11 Å². The van der Waals surface area contributed by atoms with Gasteiger partial charge in [0.05, 0.1) is 4.88 Å². The highest BCUT2D eigenvalue weighted by Crippen LogP contribution is 2.25. The number of carboxylic acid groups (broad SMARTS) is 1. The Morgan fingerprint density at radius 1 is 1.59 bits per heavy atom. The average molecular weight is 268 g/mol. The standard InChI is InChI=1S/C10H11N3O2S2/c1-13-9(7-3-2-5-16-7)11-12-10(13)17-6-4-8(14)15/h2-3,5H,4,6H2,1H3,(H,14,15)/p-1. The molecule has 0 bridgehead atoms. The van der Waals surface area contributed by atoms with Crippen molar-refractivity contribution < 1.29 is 9.90 Å². The summed E-state index contributed by atoms with van der Waals surface area (Å²) in [5.41, 5.74) is 0. The molecule has 17 heavy (non-hydrogen) atoms. The summed E-state index contributed by atoms with van der Waals surface area (Å²) < 4.78 is 1.87. The molecule has 0 aliphatic carbocycles. The van der Waals surface area contributed by atoms with E-state index in [1.807, 2.05) is 29.1 Å².